The molecule has 3 rings (SSSR count). The standard InChI is InChI=1S/C18H21FN2O2/c1-10-16(11(2)23-21-10)18(3,4)17(22)20-15-8-6-12-5-7-13(19)9-14(12)15/h5,7,9,15H,6,8H2,1-4H3,(H,20,22). The van der Waals surface area contributed by atoms with Gasteiger partial charge in [-0.1, -0.05) is 11.2 Å². The molecule has 5 heteroatoms. The molecule has 0 spiro atoms. The molecule has 1 heterocycles. The topological polar surface area (TPSA) is 55.1 Å². The van der Waals surface area contributed by atoms with Gasteiger partial charge in [0.05, 0.1) is 17.2 Å². The van der Waals surface area contributed by atoms with E-state index in [-0.39, 0.29) is 17.8 Å². The van der Waals surface area contributed by atoms with E-state index in [1.807, 2.05) is 27.7 Å². The summed E-state index contributed by atoms with van der Waals surface area (Å²) in [7, 11) is 0. The Morgan fingerprint density at radius 1 is 1.39 bits per heavy atom. The molecule has 122 valence electrons. The Morgan fingerprint density at radius 2 is 2.13 bits per heavy atom. The van der Waals surface area contributed by atoms with Crippen LogP contribution in [0.3, 0.4) is 0 Å². The van der Waals surface area contributed by atoms with E-state index < -0.39 is 5.41 Å². The minimum atomic E-state index is -0.760. The summed E-state index contributed by atoms with van der Waals surface area (Å²) in [6.07, 6.45) is 1.65. The zero-order valence-electron chi connectivity index (χ0n) is 13.9. The van der Waals surface area contributed by atoms with Gasteiger partial charge in [-0.2, -0.15) is 0 Å². The van der Waals surface area contributed by atoms with Crippen LogP contribution < -0.4 is 5.32 Å². The number of amides is 1. The average Bonchev–Trinajstić information content (AvgIpc) is 3.03. The van der Waals surface area contributed by atoms with Gasteiger partial charge in [0, 0.05) is 5.56 Å². The third-order valence-corrected chi connectivity index (χ3v) is 4.72. The highest BCUT2D eigenvalue weighted by Gasteiger charge is 2.37. The second-order valence-corrected chi connectivity index (χ2v) is 6.73. The lowest BCUT2D eigenvalue weighted by atomic mass is 9.82. The fourth-order valence-corrected chi connectivity index (χ4v) is 3.55. The predicted molar refractivity (Wildman–Crippen MR) is 84.6 cm³/mol. The van der Waals surface area contributed by atoms with E-state index in [0.717, 1.165) is 35.2 Å². The van der Waals surface area contributed by atoms with Crippen molar-refractivity contribution in [3.8, 4) is 0 Å². The lowest BCUT2D eigenvalue weighted by molar-refractivity contribution is -0.126. The van der Waals surface area contributed by atoms with Crippen molar-refractivity contribution >= 4 is 5.91 Å². The number of aryl methyl sites for hydroxylation is 3. The molecule has 1 unspecified atom stereocenters. The first-order valence-corrected chi connectivity index (χ1v) is 7.83. The molecule has 2 aromatic rings. The minimum absolute atomic E-state index is 0.103. The summed E-state index contributed by atoms with van der Waals surface area (Å²) in [6, 6.07) is 4.65. The fraction of sp³-hybridized carbons (Fsp3) is 0.444. The van der Waals surface area contributed by atoms with Crippen molar-refractivity contribution in [1.29, 1.82) is 0 Å². The maximum atomic E-state index is 13.5. The largest absolute Gasteiger partial charge is 0.361 e. The number of nitrogens with zero attached hydrogens (tertiary/aromatic N) is 1. The van der Waals surface area contributed by atoms with Gasteiger partial charge in [0.1, 0.15) is 11.6 Å². The van der Waals surface area contributed by atoms with Gasteiger partial charge in [0.25, 0.3) is 0 Å². The van der Waals surface area contributed by atoms with Gasteiger partial charge < -0.3 is 9.84 Å². The highest BCUT2D eigenvalue weighted by atomic mass is 19.1. The molecule has 1 aliphatic carbocycles. The quantitative estimate of drug-likeness (QED) is 0.942. The van der Waals surface area contributed by atoms with Crippen LogP contribution in [0.1, 0.15) is 54.5 Å². The summed E-state index contributed by atoms with van der Waals surface area (Å²) < 4.78 is 18.7. The molecule has 23 heavy (non-hydrogen) atoms. The van der Waals surface area contributed by atoms with Crippen molar-refractivity contribution in [2.45, 2.75) is 52.0 Å². The first-order valence-electron chi connectivity index (χ1n) is 7.83. The number of rotatable bonds is 3. The van der Waals surface area contributed by atoms with Crippen LogP contribution in [0.25, 0.3) is 0 Å². The van der Waals surface area contributed by atoms with Gasteiger partial charge in [-0.05, 0) is 63.8 Å². The van der Waals surface area contributed by atoms with E-state index in [4.69, 9.17) is 4.52 Å². The Balaban J connectivity index is 1.85. The van der Waals surface area contributed by atoms with Gasteiger partial charge >= 0.3 is 0 Å². The molecular formula is C18H21FN2O2. The maximum absolute atomic E-state index is 13.5. The number of carbonyl (C=O) groups is 1. The second-order valence-electron chi connectivity index (χ2n) is 6.73. The van der Waals surface area contributed by atoms with Gasteiger partial charge in [-0.3, -0.25) is 4.79 Å². The first-order chi connectivity index (χ1) is 10.8. The molecule has 1 aliphatic rings. The zero-order valence-corrected chi connectivity index (χ0v) is 13.9. The molecule has 1 atom stereocenters. The summed E-state index contributed by atoms with van der Waals surface area (Å²) in [5.74, 6) is 0.282. The summed E-state index contributed by atoms with van der Waals surface area (Å²) in [6.45, 7) is 7.36. The van der Waals surface area contributed by atoms with Gasteiger partial charge in [-0.25, -0.2) is 4.39 Å². The van der Waals surface area contributed by atoms with Crippen LogP contribution in [0.15, 0.2) is 22.7 Å². The molecule has 0 fully saturated rings. The van der Waals surface area contributed by atoms with E-state index in [1.165, 1.54) is 12.1 Å². The molecule has 0 bridgehead atoms. The number of benzene rings is 1. The third-order valence-electron chi connectivity index (χ3n) is 4.72. The molecule has 0 saturated carbocycles. The van der Waals surface area contributed by atoms with E-state index in [2.05, 4.69) is 10.5 Å². The lowest BCUT2D eigenvalue weighted by Gasteiger charge is -2.26. The summed E-state index contributed by atoms with van der Waals surface area (Å²) >= 11 is 0. The van der Waals surface area contributed by atoms with E-state index in [9.17, 15) is 9.18 Å². The number of hydrogen-bond donors (Lipinski definition) is 1. The first kappa shape index (κ1) is 15.7. The van der Waals surface area contributed by atoms with Crippen molar-refractivity contribution in [1.82, 2.24) is 10.5 Å². The minimum Gasteiger partial charge on any atom is -0.361 e. The Morgan fingerprint density at radius 3 is 2.78 bits per heavy atom. The van der Waals surface area contributed by atoms with Crippen LogP contribution in [0.2, 0.25) is 0 Å². The molecule has 0 radical (unpaired) electrons. The number of aromatic nitrogens is 1. The van der Waals surface area contributed by atoms with Crippen molar-refractivity contribution in [3.05, 3.63) is 52.2 Å². The smallest absolute Gasteiger partial charge is 0.230 e. The Hall–Kier alpha value is -2.17. The van der Waals surface area contributed by atoms with Crippen LogP contribution >= 0.6 is 0 Å². The van der Waals surface area contributed by atoms with Gasteiger partial charge in [0.15, 0.2) is 0 Å². The average molecular weight is 316 g/mol. The van der Waals surface area contributed by atoms with E-state index in [0.29, 0.717) is 5.76 Å². The van der Waals surface area contributed by atoms with Gasteiger partial charge in [-0.15, -0.1) is 0 Å². The molecule has 4 nitrogen and oxygen atoms in total. The Labute approximate surface area is 135 Å². The third kappa shape index (κ3) is 2.64. The molecule has 0 aliphatic heterocycles. The van der Waals surface area contributed by atoms with Crippen LogP contribution in [-0.2, 0) is 16.6 Å². The fourth-order valence-electron chi connectivity index (χ4n) is 3.55. The highest BCUT2D eigenvalue weighted by molar-refractivity contribution is 5.88. The SMILES string of the molecule is Cc1noc(C)c1C(C)(C)C(=O)NC1CCc2ccc(F)cc21. The van der Waals surface area contributed by atoms with Crippen LogP contribution in [-0.4, -0.2) is 11.1 Å². The number of hydrogen-bond acceptors (Lipinski definition) is 3. The Kier molecular flexibility index (Phi) is 3.74. The second kappa shape index (κ2) is 5.48. The Bertz CT molecular complexity index is 745. The highest BCUT2D eigenvalue weighted by Crippen LogP contribution is 2.34. The monoisotopic (exact) mass is 316 g/mol. The number of carbonyl (C=O) groups excluding carboxylic acids is 1. The molecule has 1 aromatic carbocycles. The summed E-state index contributed by atoms with van der Waals surface area (Å²) in [4.78, 5) is 12.8. The van der Waals surface area contributed by atoms with Crippen molar-refractivity contribution in [2.75, 3.05) is 0 Å². The molecule has 1 aromatic heterocycles. The van der Waals surface area contributed by atoms with Crippen LogP contribution in [0.4, 0.5) is 4.39 Å². The molecule has 1 amide bonds. The van der Waals surface area contributed by atoms with E-state index >= 15 is 0 Å². The summed E-state index contributed by atoms with van der Waals surface area (Å²) in [5, 5.41) is 7.01. The maximum Gasteiger partial charge on any atom is 0.230 e. The van der Waals surface area contributed by atoms with Gasteiger partial charge in [0.2, 0.25) is 5.91 Å². The zero-order chi connectivity index (χ0) is 16.8. The summed E-state index contributed by atoms with van der Waals surface area (Å²) in [5.41, 5.74) is 2.76. The van der Waals surface area contributed by atoms with E-state index in [1.54, 1.807) is 6.07 Å². The molecule has 0 saturated heterocycles. The van der Waals surface area contributed by atoms with Crippen molar-refractivity contribution in [2.24, 2.45) is 0 Å². The molecular weight excluding hydrogens is 295 g/mol. The normalized spacial score (nSPS) is 17.2. The van der Waals surface area contributed by atoms with Crippen LogP contribution in [0.5, 0.6) is 0 Å². The molecule has 1 N–H and O–H groups in total. The number of halogens is 1. The predicted octanol–water partition coefficient (Wildman–Crippen LogP) is 3.51. The van der Waals surface area contributed by atoms with Crippen molar-refractivity contribution in [3.63, 3.8) is 0 Å². The number of fused-ring (bicyclic) bond motifs is 1. The van der Waals surface area contributed by atoms with Crippen LogP contribution in [0, 0.1) is 19.7 Å². The van der Waals surface area contributed by atoms with Crippen molar-refractivity contribution < 1.29 is 13.7 Å². The number of nitrogens with one attached hydrogen (secondary N) is 1. The lowest BCUT2D eigenvalue weighted by Crippen LogP contribution is -2.42.